The van der Waals surface area contributed by atoms with Gasteiger partial charge in [0.05, 0.1) is 22.5 Å². The fourth-order valence-corrected chi connectivity index (χ4v) is 3.01. The average Bonchev–Trinajstić information content (AvgIpc) is 3.13. The van der Waals surface area contributed by atoms with Gasteiger partial charge in [0, 0.05) is 32.2 Å². The highest BCUT2D eigenvalue weighted by molar-refractivity contribution is 6.33. The van der Waals surface area contributed by atoms with Crippen LogP contribution in [-0.4, -0.2) is 42.3 Å². The van der Waals surface area contributed by atoms with Gasteiger partial charge in [-0.2, -0.15) is 5.10 Å². The molecule has 0 radical (unpaired) electrons. The highest BCUT2D eigenvalue weighted by atomic mass is 35.5. The number of aromatic nitrogens is 2. The summed E-state index contributed by atoms with van der Waals surface area (Å²) in [6.07, 6.45) is 4.13. The van der Waals surface area contributed by atoms with Crippen LogP contribution in [0.1, 0.15) is 23.2 Å². The topological polar surface area (TPSA) is 70.2 Å². The molecule has 0 aliphatic carbocycles. The molecule has 1 amide bonds. The van der Waals surface area contributed by atoms with E-state index in [4.69, 9.17) is 11.6 Å². The molecule has 1 aliphatic rings. The fourth-order valence-electron chi connectivity index (χ4n) is 2.76. The Kier molecular flexibility index (Phi) is 5.65. The quantitative estimate of drug-likeness (QED) is 0.772. The maximum Gasteiger partial charge on any atom is 0.255 e. The Morgan fingerprint density at radius 1 is 1.28 bits per heavy atom. The van der Waals surface area contributed by atoms with Gasteiger partial charge >= 0.3 is 0 Å². The van der Waals surface area contributed by atoms with Crippen LogP contribution in [0.15, 0.2) is 30.5 Å². The van der Waals surface area contributed by atoms with Gasteiger partial charge in [-0.15, -0.1) is 5.10 Å². The Hall–Kier alpha value is -2.41. The highest BCUT2D eigenvalue weighted by Gasteiger charge is 2.15. The molecule has 25 heavy (non-hydrogen) atoms. The van der Waals surface area contributed by atoms with Crippen LogP contribution < -0.4 is 15.5 Å². The summed E-state index contributed by atoms with van der Waals surface area (Å²) >= 11 is 5.87. The molecule has 3 rings (SSSR count). The summed E-state index contributed by atoms with van der Waals surface area (Å²) in [5.41, 5.74) is 0.900. The summed E-state index contributed by atoms with van der Waals surface area (Å²) in [5.74, 6) is -0.536. The Bertz CT molecular complexity index is 731. The number of carbonyl (C=O) groups is 1. The molecule has 1 aromatic carbocycles. The van der Waals surface area contributed by atoms with Crippen LogP contribution in [0.4, 0.5) is 15.9 Å². The zero-order valence-corrected chi connectivity index (χ0v) is 14.4. The summed E-state index contributed by atoms with van der Waals surface area (Å²) in [4.78, 5) is 14.3. The van der Waals surface area contributed by atoms with Crippen molar-refractivity contribution in [2.24, 2.45) is 0 Å². The van der Waals surface area contributed by atoms with Crippen LogP contribution in [0.2, 0.25) is 5.02 Å². The third kappa shape index (κ3) is 4.36. The summed E-state index contributed by atoms with van der Waals surface area (Å²) in [5, 5.41) is 13.9. The van der Waals surface area contributed by atoms with E-state index in [0.29, 0.717) is 18.9 Å². The summed E-state index contributed by atoms with van der Waals surface area (Å²) in [6.45, 7) is 2.81. The number of anilines is 2. The zero-order valence-electron chi connectivity index (χ0n) is 13.6. The highest BCUT2D eigenvalue weighted by Crippen LogP contribution is 2.21. The summed E-state index contributed by atoms with van der Waals surface area (Å²) in [6, 6.07) is 6.09. The second-order valence-corrected chi connectivity index (χ2v) is 6.18. The Morgan fingerprint density at radius 3 is 2.84 bits per heavy atom. The second kappa shape index (κ2) is 8.11. The smallest absolute Gasteiger partial charge is 0.255 e. The standard InChI is InChI=1S/C17H19ClFN5O/c18-13-4-3-5-14(19)16(13)17(25)21-7-6-20-15-10-12(11-22-23-15)24-8-1-2-9-24/h3-5,10-11H,1-2,6-9H2,(H,20,23)(H,21,25). The lowest BCUT2D eigenvalue weighted by atomic mass is 10.2. The molecule has 0 bridgehead atoms. The normalized spacial score (nSPS) is 13.8. The van der Waals surface area contributed by atoms with Gasteiger partial charge in [0.25, 0.3) is 5.91 Å². The summed E-state index contributed by atoms with van der Waals surface area (Å²) in [7, 11) is 0. The van der Waals surface area contributed by atoms with Gasteiger partial charge in [0.15, 0.2) is 5.82 Å². The van der Waals surface area contributed by atoms with E-state index in [-0.39, 0.29) is 10.6 Å². The zero-order chi connectivity index (χ0) is 17.6. The van der Waals surface area contributed by atoms with E-state index in [1.807, 2.05) is 6.07 Å². The molecule has 0 atom stereocenters. The molecule has 0 spiro atoms. The first-order chi connectivity index (χ1) is 12.1. The third-order valence-corrected chi connectivity index (χ3v) is 4.33. The number of hydrogen-bond acceptors (Lipinski definition) is 5. The van der Waals surface area contributed by atoms with Crippen LogP contribution in [0.5, 0.6) is 0 Å². The number of hydrogen-bond donors (Lipinski definition) is 2. The van der Waals surface area contributed by atoms with Crippen molar-refractivity contribution in [3.8, 4) is 0 Å². The molecule has 1 fully saturated rings. The van der Waals surface area contributed by atoms with Crippen LogP contribution in [0.3, 0.4) is 0 Å². The number of halogens is 2. The fraction of sp³-hybridized carbons (Fsp3) is 0.353. The van der Waals surface area contributed by atoms with Crippen LogP contribution >= 0.6 is 11.6 Å². The van der Waals surface area contributed by atoms with E-state index >= 15 is 0 Å². The number of rotatable bonds is 6. The van der Waals surface area contributed by atoms with Crippen molar-refractivity contribution in [1.82, 2.24) is 15.5 Å². The molecule has 132 valence electrons. The largest absolute Gasteiger partial charge is 0.370 e. The molecular formula is C17H19ClFN5O. The van der Waals surface area contributed by atoms with Crippen molar-refractivity contribution in [2.45, 2.75) is 12.8 Å². The maximum absolute atomic E-state index is 13.7. The lowest BCUT2D eigenvalue weighted by Crippen LogP contribution is -2.30. The first-order valence-corrected chi connectivity index (χ1v) is 8.57. The van der Waals surface area contributed by atoms with E-state index in [1.165, 1.54) is 31.0 Å². The van der Waals surface area contributed by atoms with Gasteiger partial charge in [0.1, 0.15) is 5.82 Å². The lowest BCUT2D eigenvalue weighted by molar-refractivity contribution is 0.0951. The van der Waals surface area contributed by atoms with Crippen LogP contribution in [0.25, 0.3) is 0 Å². The average molecular weight is 364 g/mol. The minimum Gasteiger partial charge on any atom is -0.370 e. The van der Waals surface area contributed by atoms with Crippen molar-refractivity contribution in [2.75, 3.05) is 36.4 Å². The van der Waals surface area contributed by atoms with Gasteiger partial charge in [-0.3, -0.25) is 4.79 Å². The third-order valence-electron chi connectivity index (χ3n) is 4.02. The van der Waals surface area contributed by atoms with E-state index < -0.39 is 11.7 Å². The van der Waals surface area contributed by atoms with Gasteiger partial charge in [-0.25, -0.2) is 4.39 Å². The van der Waals surface area contributed by atoms with Crippen LogP contribution in [-0.2, 0) is 0 Å². The Balaban J connectivity index is 1.50. The number of carbonyl (C=O) groups excluding carboxylic acids is 1. The van der Waals surface area contributed by atoms with Gasteiger partial charge < -0.3 is 15.5 Å². The minimum atomic E-state index is -0.637. The molecule has 2 aromatic rings. The molecule has 8 heteroatoms. The van der Waals surface area contributed by atoms with E-state index in [0.717, 1.165) is 18.8 Å². The van der Waals surface area contributed by atoms with Crippen molar-refractivity contribution in [3.63, 3.8) is 0 Å². The molecule has 1 aliphatic heterocycles. The first-order valence-electron chi connectivity index (χ1n) is 8.19. The molecule has 2 N–H and O–H groups in total. The SMILES string of the molecule is O=C(NCCNc1cc(N2CCCC2)cnn1)c1c(F)cccc1Cl. The molecule has 0 unspecified atom stereocenters. The number of nitrogens with one attached hydrogen (secondary N) is 2. The monoisotopic (exact) mass is 363 g/mol. The van der Waals surface area contributed by atoms with Crippen molar-refractivity contribution in [3.05, 3.63) is 46.9 Å². The van der Waals surface area contributed by atoms with Gasteiger partial charge in [-0.1, -0.05) is 17.7 Å². The molecule has 1 aromatic heterocycles. The first kappa shape index (κ1) is 17.4. The predicted molar refractivity (Wildman–Crippen MR) is 95.7 cm³/mol. The molecule has 1 saturated heterocycles. The molecule has 6 nitrogen and oxygen atoms in total. The van der Waals surface area contributed by atoms with E-state index in [9.17, 15) is 9.18 Å². The second-order valence-electron chi connectivity index (χ2n) is 5.77. The molecule has 0 saturated carbocycles. The van der Waals surface area contributed by atoms with Crippen molar-refractivity contribution >= 4 is 29.0 Å². The maximum atomic E-state index is 13.7. The number of nitrogens with zero attached hydrogens (tertiary/aromatic N) is 3. The Labute approximate surface area is 150 Å². The molecule has 2 heterocycles. The predicted octanol–water partition coefficient (Wildman–Crippen LogP) is 2.71. The summed E-state index contributed by atoms with van der Waals surface area (Å²) < 4.78 is 13.7. The lowest BCUT2D eigenvalue weighted by Gasteiger charge is -2.17. The van der Waals surface area contributed by atoms with Crippen molar-refractivity contribution < 1.29 is 9.18 Å². The van der Waals surface area contributed by atoms with Crippen LogP contribution in [0, 0.1) is 5.82 Å². The number of benzene rings is 1. The molecular weight excluding hydrogens is 345 g/mol. The minimum absolute atomic E-state index is 0.0923. The van der Waals surface area contributed by atoms with Gasteiger partial charge in [-0.05, 0) is 25.0 Å². The Morgan fingerprint density at radius 2 is 2.08 bits per heavy atom. The van der Waals surface area contributed by atoms with E-state index in [1.54, 1.807) is 6.20 Å². The number of amides is 1. The van der Waals surface area contributed by atoms with E-state index in [2.05, 4.69) is 25.7 Å². The van der Waals surface area contributed by atoms with Crippen molar-refractivity contribution in [1.29, 1.82) is 0 Å². The van der Waals surface area contributed by atoms with Gasteiger partial charge in [0.2, 0.25) is 0 Å².